The molecule has 2 aromatic carbocycles. The van der Waals surface area contributed by atoms with Gasteiger partial charge in [0.1, 0.15) is 6.04 Å². The maximum Gasteiger partial charge on any atom is 0.243 e. The zero-order chi connectivity index (χ0) is 24.8. The summed E-state index contributed by atoms with van der Waals surface area (Å²) < 4.78 is 0. The van der Waals surface area contributed by atoms with Gasteiger partial charge in [-0.3, -0.25) is 30.0 Å². The van der Waals surface area contributed by atoms with Crippen molar-refractivity contribution < 1.29 is 19.6 Å². The van der Waals surface area contributed by atoms with Crippen molar-refractivity contribution in [3.05, 3.63) is 58.6 Å². The second-order valence-corrected chi connectivity index (χ2v) is 10.2. The Bertz CT molecular complexity index is 1050. The lowest BCUT2D eigenvalue weighted by Gasteiger charge is -2.25. The molecule has 1 aliphatic rings. The Hall–Kier alpha value is -2.55. The number of amides is 3. The van der Waals surface area contributed by atoms with Crippen LogP contribution in [0.5, 0.6) is 0 Å². The van der Waals surface area contributed by atoms with Gasteiger partial charge in [-0.25, -0.2) is 0 Å². The molecule has 0 bridgehead atoms. The molecular weight excluding hydrogens is 474 g/mol. The molecule has 182 valence electrons. The summed E-state index contributed by atoms with van der Waals surface area (Å²) in [6.45, 7) is 4.15. The Labute approximate surface area is 209 Å². The number of carbonyl (C=O) groups is 3. The van der Waals surface area contributed by atoms with Crippen LogP contribution in [-0.2, 0) is 27.2 Å². The number of rotatable bonds is 10. The molecule has 3 N–H and O–H groups in total. The lowest BCUT2D eigenvalue weighted by molar-refractivity contribution is -0.147. The van der Waals surface area contributed by atoms with Crippen LogP contribution in [-0.4, -0.2) is 46.7 Å². The van der Waals surface area contributed by atoms with Crippen molar-refractivity contribution >= 4 is 46.8 Å². The molecule has 3 rings (SSSR count). The topological polar surface area (TPSA) is 98.7 Å². The Kier molecular flexibility index (Phi) is 8.99. The van der Waals surface area contributed by atoms with E-state index in [-0.39, 0.29) is 30.6 Å². The summed E-state index contributed by atoms with van der Waals surface area (Å²) in [5.74, 6) is -0.825. The van der Waals surface area contributed by atoms with Crippen molar-refractivity contribution in [2.75, 3.05) is 18.3 Å². The van der Waals surface area contributed by atoms with E-state index in [1.54, 1.807) is 6.07 Å². The average molecular weight is 504 g/mol. The van der Waals surface area contributed by atoms with Gasteiger partial charge in [0.25, 0.3) is 0 Å². The van der Waals surface area contributed by atoms with Gasteiger partial charge in [0.05, 0.1) is 16.6 Å². The van der Waals surface area contributed by atoms with Crippen molar-refractivity contribution in [1.82, 2.24) is 10.2 Å². The lowest BCUT2D eigenvalue weighted by atomic mass is 10.0. The molecular formula is C25H30ClN3O4S. The molecule has 0 aromatic heterocycles. The molecule has 1 aliphatic heterocycles. The van der Waals surface area contributed by atoms with E-state index in [4.69, 9.17) is 11.6 Å². The SMILES string of the molecule is CNC(=O)[C@H](Cc1ccccc1)N1C(=O)CC(CSc2ccc(NO)c(Cl)c2CC(C)C)C1=O. The number of halogens is 1. The Morgan fingerprint density at radius 2 is 1.88 bits per heavy atom. The number of likely N-dealkylation sites (N-methyl/N-ethyl adjacent to an activating group) is 1. The van der Waals surface area contributed by atoms with Gasteiger partial charge >= 0.3 is 0 Å². The molecule has 2 aromatic rings. The van der Waals surface area contributed by atoms with Gasteiger partial charge in [0.2, 0.25) is 17.7 Å². The molecule has 1 unspecified atom stereocenters. The molecule has 34 heavy (non-hydrogen) atoms. The zero-order valence-electron chi connectivity index (χ0n) is 19.5. The predicted octanol–water partition coefficient (Wildman–Crippen LogP) is 4.16. The van der Waals surface area contributed by atoms with Crippen molar-refractivity contribution in [2.24, 2.45) is 11.8 Å². The van der Waals surface area contributed by atoms with Gasteiger partial charge in [-0.15, -0.1) is 11.8 Å². The van der Waals surface area contributed by atoms with E-state index in [1.165, 1.54) is 18.8 Å². The highest BCUT2D eigenvalue weighted by Gasteiger charge is 2.44. The first-order valence-electron chi connectivity index (χ1n) is 11.2. The van der Waals surface area contributed by atoms with E-state index in [2.05, 4.69) is 24.6 Å². The summed E-state index contributed by atoms with van der Waals surface area (Å²) in [5.41, 5.74) is 4.31. The first kappa shape index (κ1) is 26.1. The summed E-state index contributed by atoms with van der Waals surface area (Å²) in [4.78, 5) is 40.8. The van der Waals surface area contributed by atoms with Crippen LogP contribution in [0.1, 0.15) is 31.4 Å². The molecule has 7 nitrogen and oxygen atoms in total. The predicted molar refractivity (Wildman–Crippen MR) is 134 cm³/mol. The average Bonchev–Trinajstić information content (AvgIpc) is 3.10. The van der Waals surface area contributed by atoms with Gasteiger partial charge in [-0.05, 0) is 35.6 Å². The molecule has 0 aliphatic carbocycles. The van der Waals surface area contributed by atoms with E-state index in [0.717, 1.165) is 20.9 Å². The van der Waals surface area contributed by atoms with E-state index >= 15 is 0 Å². The summed E-state index contributed by atoms with van der Waals surface area (Å²) in [6.07, 6.45) is 1.04. The Morgan fingerprint density at radius 1 is 1.18 bits per heavy atom. The normalized spacial score (nSPS) is 16.8. The molecule has 1 fully saturated rings. The van der Waals surface area contributed by atoms with Crippen LogP contribution in [0.4, 0.5) is 5.69 Å². The number of hydrogen-bond acceptors (Lipinski definition) is 6. The highest BCUT2D eigenvalue weighted by Crippen LogP contribution is 2.37. The zero-order valence-corrected chi connectivity index (χ0v) is 21.1. The highest BCUT2D eigenvalue weighted by atomic mass is 35.5. The van der Waals surface area contributed by atoms with E-state index in [1.807, 2.05) is 36.4 Å². The summed E-state index contributed by atoms with van der Waals surface area (Å²) >= 11 is 7.95. The van der Waals surface area contributed by atoms with Gasteiger partial charge < -0.3 is 5.32 Å². The number of imide groups is 1. The molecule has 9 heteroatoms. The van der Waals surface area contributed by atoms with Gasteiger partial charge in [0.15, 0.2) is 0 Å². The summed E-state index contributed by atoms with van der Waals surface area (Å²) in [6, 6.07) is 12.0. The van der Waals surface area contributed by atoms with E-state index < -0.39 is 12.0 Å². The van der Waals surface area contributed by atoms with Gasteiger partial charge in [-0.1, -0.05) is 55.8 Å². The first-order valence-corrected chi connectivity index (χ1v) is 12.6. The number of thioether (sulfide) groups is 1. The molecule has 3 amide bonds. The highest BCUT2D eigenvalue weighted by molar-refractivity contribution is 7.99. The molecule has 0 radical (unpaired) electrons. The minimum atomic E-state index is -0.886. The Morgan fingerprint density at radius 3 is 2.50 bits per heavy atom. The molecule has 1 saturated heterocycles. The fourth-order valence-electron chi connectivity index (χ4n) is 4.09. The number of benzene rings is 2. The number of nitrogens with one attached hydrogen (secondary N) is 2. The van der Waals surface area contributed by atoms with E-state index in [9.17, 15) is 19.6 Å². The minimum Gasteiger partial charge on any atom is -0.357 e. The number of likely N-dealkylation sites (tertiary alicyclic amines) is 1. The fourth-order valence-corrected chi connectivity index (χ4v) is 5.60. The van der Waals surface area contributed by atoms with Crippen molar-refractivity contribution in [1.29, 1.82) is 0 Å². The smallest absolute Gasteiger partial charge is 0.243 e. The maximum absolute atomic E-state index is 13.3. The number of nitrogens with zero attached hydrogens (tertiary/aromatic N) is 1. The third-order valence-electron chi connectivity index (χ3n) is 5.78. The first-order chi connectivity index (χ1) is 16.3. The largest absolute Gasteiger partial charge is 0.357 e. The number of anilines is 1. The van der Waals surface area contributed by atoms with Crippen molar-refractivity contribution in [3.63, 3.8) is 0 Å². The van der Waals surface area contributed by atoms with Crippen LogP contribution in [0, 0.1) is 11.8 Å². The van der Waals surface area contributed by atoms with Gasteiger partial charge in [0, 0.05) is 30.5 Å². The monoisotopic (exact) mass is 503 g/mol. The maximum atomic E-state index is 13.3. The lowest BCUT2D eigenvalue weighted by Crippen LogP contribution is -2.50. The summed E-state index contributed by atoms with van der Waals surface area (Å²) in [5, 5.41) is 12.4. The van der Waals surface area contributed by atoms with Crippen LogP contribution in [0.2, 0.25) is 5.02 Å². The van der Waals surface area contributed by atoms with Gasteiger partial charge in [-0.2, -0.15) is 0 Å². The van der Waals surface area contributed by atoms with Crippen LogP contribution in [0.3, 0.4) is 0 Å². The third kappa shape index (κ3) is 5.92. The van der Waals surface area contributed by atoms with E-state index in [0.29, 0.717) is 28.8 Å². The second-order valence-electron chi connectivity index (χ2n) is 8.75. The van der Waals surface area contributed by atoms with Crippen molar-refractivity contribution in [3.8, 4) is 0 Å². The fraction of sp³-hybridized carbons (Fsp3) is 0.400. The second kappa shape index (κ2) is 11.7. The Balaban J connectivity index is 1.78. The standard InChI is InChI=1S/C25H30ClN3O4S/c1-15(2)11-18-21(10-9-19(28-33)23(18)26)34-14-17-13-22(30)29(25(17)32)20(24(31)27-3)12-16-7-5-4-6-8-16/h4-10,15,17,20,28,33H,11-14H2,1-3H3,(H,27,31)/t17?,20-/m0/s1. The molecule has 2 atom stereocenters. The quantitative estimate of drug-likeness (QED) is 0.256. The number of carbonyl (C=O) groups excluding carboxylic acids is 3. The number of hydrogen-bond donors (Lipinski definition) is 3. The molecule has 0 spiro atoms. The molecule has 1 heterocycles. The van der Waals surface area contributed by atoms with Crippen LogP contribution >= 0.6 is 23.4 Å². The summed E-state index contributed by atoms with van der Waals surface area (Å²) in [7, 11) is 1.50. The minimum absolute atomic E-state index is 0.0671. The van der Waals surface area contributed by atoms with Crippen LogP contribution in [0.15, 0.2) is 47.4 Å². The third-order valence-corrected chi connectivity index (χ3v) is 7.48. The molecule has 0 saturated carbocycles. The van der Waals surface area contributed by atoms with Crippen molar-refractivity contribution in [2.45, 2.75) is 44.0 Å². The van der Waals surface area contributed by atoms with Crippen LogP contribution in [0.25, 0.3) is 0 Å². The van der Waals surface area contributed by atoms with Crippen LogP contribution < -0.4 is 10.8 Å².